The van der Waals surface area contributed by atoms with Crippen molar-refractivity contribution >= 4 is 28.4 Å². The second kappa shape index (κ2) is 7.85. The lowest BCUT2D eigenvalue weighted by Crippen LogP contribution is -2.07. The third-order valence-electron chi connectivity index (χ3n) is 4.50. The van der Waals surface area contributed by atoms with Crippen LogP contribution in [0.5, 0.6) is 5.75 Å². The first kappa shape index (κ1) is 18.2. The highest BCUT2D eigenvalue weighted by Crippen LogP contribution is 2.25. The van der Waals surface area contributed by atoms with E-state index in [1.54, 1.807) is 11.8 Å². The summed E-state index contributed by atoms with van der Waals surface area (Å²) < 4.78 is 6.87. The topological polar surface area (TPSA) is 85.7 Å². The monoisotopic (exact) mass is 393 g/mol. The molecule has 0 bridgehead atoms. The normalized spacial score (nSPS) is 11.1. The van der Waals surface area contributed by atoms with E-state index in [9.17, 15) is 4.79 Å². The van der Waals surface area contributed by atoms with Gasteiger partial charge in [-0.1, -0.05) is 42.1 Å². The first-order valence-electron chi connectivity index (χ1n) is 8.78. The number of ketones is 1. The lowest BCUT2D eigenvalue weighted by molar-refractivity contribution is 0.102. The summed E-state index contributed by atoms with van der Waals surface area (Å²) in [6.45, 7) is 2.45. The maximum atomic E-state index is 12.8. The number of para-hydroxylation sites is 1. The van der Waals surface area contributed by atoms with E-state index in [0.29, 0.717) is 11.7 Å². The third-order valence-corrected chi connectivity index (χ3v) is 5.45. The van der Waals surface area contributed by atoms with Crippen molar-refractivity contribution in [1.29, 1.82) is 0 Å². The van der Waals surface area contributed by atoms with E-state index in [1.165, 1.54) is 11.8 Å². The maximum absolute atomic E-state index is 12.8. The van der Waals surface area contributed by atoms with E-state index >= 15 is 0 Å². The number of aryl methyl sites for hydroxylation is 1. The third kappa shape index (κ3) is 3.63. The summed E-state index contributed by atoms with van der Waals surface area (Å²) in [5.74, 6) is 1.12. The van der Waals surface area contributed by atoms with E-state index in [1.807, 2.05) is 55.5 Å². The fourth-order valence-corrected chi connectivity index (χ4v) is 3.89. The van der Waals surface area contributed by atoms with E-state index in [-0.39, 0.29) is 11.5 Å². The molecule has 0 saturated heterocycles. The lowest BCUT2D eigenvalue weighted by atomic mass is 10.1. The molecule has 2 heterocycles. The number of fused-ring (bicyclic) bond motifs is 1. The molecule has 7 nitrogen and oxygen atoms in total. The van der Waals surface area contributed by atoms with Crippen molar-refractivity contribution in [2.24, 2.45) is 0 Å². The fraction of sp³-hybridized carbons (Fsp3) is 0.200. The second-order valence-electron chi connectivity index (χ2n) is 6.35. The molecule has 28 heavy (non-hydrogen) atoms. The average molecular weight is 393 g/mol. The Morgan fingerprint density at radius 1 is 1.18 bits per heavy atom. The van der Waals surface area contributed by atoms with Gasteiger partial charge < -0.3 is 9.72 Å². The van der Waals surface area contributed by atoms with E-state index in [2.05, 4.69) is 20.5 Å². The second-order valence-corrected chi connectivity index (χ2v) is 7.29. The van der Waals surface area contributed by atoms with Crippen LogP contribution >= 0.6 is 11.8 Å². The number of aromatic amines is 1. The van der Waals surface area contributed by atoms with Crippen LogP contribution in [-0.4, -0.2) is 43.8 Å². The molecule has 142 valence electrons. The Kier molecular flexibility index (Phi) is 5.12. The molecule has 0 radical (unpaired) electrons. The summed E-state index contributed by atoms with van der Waals surface area (Å²) in [4.78, 5) is 16.1. The zero-order chi connectivity index (χ0) is 19.5. The van der Waals surface area contributed by atoms with Crippen molar-refractivity contribution in [3.8, 4) is 5.75 Å². The number of hydrogen-bond donors (Lipinski definition) is 1. The highest BCUT2D eigenvalue weighted by atomic mass is 32.2. The van der Waals surface area contributed by atoms with Gasteiger partial charge in [-0.05, 0) is 41.1 Å². The van der Waals surface area contributed by atoms with E-state index in [4.69, 9.17) is 4.74 Å². The Morgan fingerprint density at radius 2 is 1.96 bits per heavy atom. The van der Waals surface area contributed by atoms with Gasteiger partial charge in [-0.25, -0.2) is 4.68 Å². The van der Waals surface area contributed by atoms with Crippen LogP contribution in [0.15, 0.2) is 53.7 Å². The number of tetrazole rings is 1. The zero-order valence-corrected chi connectivity index (χ0v) is 16.4. The van der Waals surface area contributed by atoms with Gasteiger partial charge in [0.2, 0.25) is 5.16 Å². The first-order chi connectivity index (χ1) is 13.7. The number of hydrogen-bond acceptors (Lipinski definition) is 6. The number of benzene rings is 2. The van der Waals surface area contributed by atoms with Crippen molar-refractivity contribution in [3.63, 3.8) is 0 Å². The molecule has 1 N–H and O–H groups in total. The number of Topliss-reactive ketones (excluding diaryl/α,β-unsaturated/α-hetero) is 1. The van der Waals surface area contributed by atoms with E-state index < -0.39 is 0 Å². The largest absolute Gasteiger partial charge is 0.497 e. The molecule has 0 aliphatic rings. The molecular formula is C20H19N5O2S. The number of rotatable bonds is 7. The standard InChI is InChI=1S/C20H19N5O2S/c1-13-19(16-5-3-4-6-17(16)21-13)18(26)12-28-20-22-23-24-25(20)11-14-7-9-15(27-2)10-8-14/h3-10,21H,11-12H2,1-2H3. The van der Waals surface area contributed by atoms with Gasteiger partial charge in [0.05, 0.1) is 19.4 Å². The van der Waals surface area contributed by atoms with E-state index in [0.717, 1.165) is 33.5 Å². The van der Waals surface area contributed by atoms with Gasteiger partial charge in [-0.15, -0.1) is 5.10 Å². The lowest BCUT2D eigenvalue weighted by Gasteiger charge is -2.06. The predicted octanol–water partition coefficient (Wildman–Crippen LogP) is 3.49. The molecule has 0 spiro atoms. The van der Waals surface area contributed by atoms with Crippen LogP contribution in [0.2, 0.25) is 0 Å². The number of thioether (sulfide) groups is 1. The number of nitrogens with one attached hydrogen (secondary N) is 1. The number of aromatic nitrogens is 5. The van der Waals surface area contributed by atoms with Crippen LogP contribution in [-0.2, 0) is 6.54 Å². The van der Waals surface area contributed by atoms with Gasteiger partial charge in [-0.2, -0.15) is 0 Å². The molecule has 0 amide bonds. The maximum Gasteiger partial charge on any atom is 0.210 e. The summed E-state index contributed by atoms with van der Waals surface area (Å²) >= 11 is 1.34. The molecular weight excluding hydrogens is 374 g/mol. The number of carbonyl (C=O) groups is 1. The smallest absolute Gasteiger partial charge is 0.210 e. The van der Waals surface area contributed by atoms with Crippen molar-refractivity contribution < 1.29 is 9.53 Å². The quantitative estimate of drug-likeness (QED) is 0.382. The Labute approximate surface area is 166 Å². The molecule has 0 aliphatic heterocycles. The zero-order valence-electron chi connectivity index (χ0n) is 15.5. The van der Waals surface area contributed by atoms with Crippen molar-refractivity contribution in [2.75, 3.05) is 12.9 Å². The SMILES string of the molecule is COc1ccc(Cn2nnnc2SCC(=O)c2c(C)[nH]c3ccccc23)cc1. The molecule has 2 aromatic heterocycles. The number of nitrogens with zero attached hydrogens (tertiary/aromatic N) is 4. The number of H-pyrrole nitrogens is 1. The molecule has 0 saturated carbocycles. The van der Waals surface area contributed by atoms with Crippen molar-refractivity contribution in [3.05, 3.63) is 65.4 Å². The molecule has 0 aliphatic carbocycles. The van der Waals surface area contributed by atoms with Gasteiger partial charge in [0.25, 0.3) is 0 Å². The van der Waals surface area contributed by atoms with Gasteiger partial charge in [-0.3, -0.25) is 4.79 Å². The van der Waals surface area contributed by atoms with Gasteiger partial charge >= 0.3 is 0 Å². The summed E-state index contributed by atoms with van der Waals surface area (Å²) in [5, 5.41) is 13.4. The molecule has 0 atom stereocenters. The van der Waals surface area contributed by atoms with Crippen LogP contribution < -0.4 is 4.74 Å². The van der Waals surface area contributed by atoms with Crippen LogP contribution in [0.4, 0.5) is 0 Å². The Morgan fingerprint density at radius 3 is 2.75 bits per heavy atom. The highest BCUT2D eigenvalue weighted by Gasteiger charge is 2.17. The predicted molar refractivity (Wildman–Crippen MR) is 108 cm³/mol. The minimum atomic E-state index is 0.0546. The molecule has 0 fully saturated rings. The summed E-state index contributed by atoms with van der Waals surface area (Å²) in [6, 6.07) is 15.6. The summed E-state index contributed by atoms with van der Waals surface area (Å²) in [7, 11) is 1.64. The number of carbonyl (C=O) groups excluding carboxylic acids is 1. The molecule has 0 unspecified atom stereocenters. The average Bonchev–Trinajstić information content (AvgIpc) is 3.29. The minimum absolute atomic E-state index is 0.0546. The molecule has 8 heteroatoms. The van der Waals surface area contributed by atoms with Crippen LogP contribution in [0.3, 0.4) is 0 Å². The number of ether oxygens (including phenoxy) is 1. The fourth-order valence-electron chi connectivity index (χ4n) is 3.14. The highest BCUT2D eigenvalue weighted by molar-refractivity contribution is 7.99. The summed E-state index contributed by atoms with van der Waals surface area (Å²) in [6.07, 6.45) is 0. The minimum Gasteiger partial charge on any atom is -0.497 e. The van der Waals surface area contributed by atoms with Gasteiger partial charge in [0, 0.05) is 22.2 Å². The molecule has 2 aromatic carbocycles. The van der Waals surface area contributed by atoms with Gasteiger partial charge in [0.1, 0.15) is 5.75 Å². The van der Waals surface area contributed by atoms with Crippen LogP contribution in [0, 0.1) is 6.92 Å². The number of methoxy groups -OCH3 is 1. The Hall–Kier alpha value is -3.13. The Bertz CT molecular complexity index is 1120. The first-order valence-corrected chi connectivity index (χ1v) is 9.76. The molecule has 4 rings (SSSR count). The van der Waals surface area contributed by atoms with Crippen LogP contribution in [0.1, 0.15) is 21.6 Å². The Balaban J connectivity index is 1.47. The summed E-state index contributed by atoms with van der Waals surface area (Å²) in [5.41, 5.74) is 3.63. The van der Waals surface area contributed by atoms with Crippen molar-refractivity contribution in [1.82, 2.24) is 25.2 Å². The van der Waals surface area contributed by atoms with Crippen LogP contribution in [0.25, 0.3) is 10.9 Å². The van der Waals surface area contributed by atoms with Crippen molar-refractivity contribution in [2.45, 2.75) is 18.6 Å². The molecule has 4 aromatic rings. The van der Waals surface area contributed by atoms with Gasteiger partial charge in [0.15, 0.2) is 5.78 Å².